The number of aryl methyl sites for hydroxylation is 4. The Bertz CT molecular complexity index is 1160. The van der Waals surface area contributed by atoms with Gasteiger partial charge in [0.2, 0.25) is 15.9 Å². The van der Waals surface area contributed by atoms with Gasteiger partial charge in [0.1, 0.15) is 5.52 Å². The van der Waals surface area contributed by atoms with Gasteiger partial charge in [0.15, 0.2) is 5.58 Å². The molecule has 2 aromatic carbocycles. The van der Waals surface area contributed by atoms with Crippen molar-refractivity contribution in [3.8, 4) is 0 Å². The first kappa shape index (κ1) is 20.1. The maximum Gasteiger partial charge on any atom is 0.243 e. The molecule has 1 aromatic heterocycles. The van der Waals surface area contributed by atoms with Gasteiger partial charge >= 0.3 is 0 Å². The average molecular weight is 414 g/mol. The monoisotopic (exact) mass is 413 g/mol. The molecule has 154 valence electrons. The summed E-state index contributed by atoms with van der Waals surface area (Å²) in [7, 11) is -3.49. The van der Waals surface area contributed by atoms with E-state index in [1.807, 2.05) is 52.0 Å². The first-order chi connectivity index (χ1) is 13.7. The van der Waals surface area contributed by atoms with Crippen molar-refractivity contribution < 1.29 is 12.8 Å². The summed E-state index contributed by atoms with van der Waals surface area (Å²) in [6, 6.07) is 9.71. The van der Waals surface area contributed by atoms with Crippen molar-refractivity contribution in [2.24, 2.45) is 0 Å². The van der Waals surface area contributed by atoms with E-state index in [1.165, 1.54) is 0 Å². The van der Waals surface area contributed by atoms with E-state index in [0.29, 0.717) is 43.5 Å². The van der Waals surface area contributed by atoms with E-state index in [1.54, 1.807) is 10.4 Å². The molecule has 0 radical (unpaired) electrons. The highest BCUT2D eigenvalue weighted by Crippen LogP contribution is 2.25. The third-order valence-electron chi connectivity index (χ3n) is 5.69. The highest BCUT2D eigenvalue weighted by atomic mass is 32.2. The number of aromatic nitrogens is 1. The van der Waals surface area contributed by atoms with E-state index in [0.717, 1.165) is 33.4 Å². The lowest BCUT2D eigenvalue weighted by molar-refractivity contribution is 0.169. The minimum absolute atomic E-state index is 0.420. The van der Waals surface area contributed by atoms with Crippen molar-refractivity contribution in [1.29, 1.82) is 0 Å². The van der Waals surface area contributed by atoms with E-state index in [4.69, 9.17) is 4.42 Å². The van der Waals surface area contributed by atoms with Crippen molar-refractivity contribution in [3.05, 3.63) is 58.5 Å². The standard InChI is InChI=1S/C22H27N3O3S/c1-15-5-6-20-19(11-15)23-22(28-20)14-24-7-9-25(10-8-24)29(26,27)21-13-17(3)16(2)12-18(21)4/h5-6,11-13H,7-10,14H2,1-4H3. The predicted molar refractivity (Wildman–Crippen MR) is 113 cm³/mol. The number of rotatable bonds is 4. The summed E-state index contributed by atoms with van der Waals surface area (Å²) in [5.41, 5.74) is 5.72. The fourth-order valence-corrected chi connectivity index (χ4v) is 5.54. The zero-order valence-corrected chi connectivity index (χ0v) is 18.2. The van der Waals surface area contributed by atoms with Crippen molar-refractivity contribution in [3.63, 3.8) is 0 Å². The Kier molecular flexibility index (Phi) is 5.23. The molecule has 0 N–H and O–H groups in total. The highest BCUT2D eigenvalue weighted by Gasteiger charge is 2.30. The Morgan fingerprint density at radius 1 is 0.931 bits per heavy atom. The van der Waals surface area contributed by atoms with Crippen LogP contribution in [-0.4, -0.2) is 48.8 Å². The molecule has 1 aliphatic rings. The van der Waals surface area contributed by atoms with Crippen LogP contribution in [0.5, 0.6) is 0 Å². The molecule has 0 aliphatic carbocycles. The maximum absolute atomic E-state index is 13.2. The van der Waals surface area contributed by atoms with Crippen LogP contribution < -0.4 is 0 Å². The van der Waals surface area contributed by atoms with Crippen LogP contribution in [0.15, 0.2) is 39.6 Å². The third-order valence-corrected chi connectivity index (χ3v) is 7.73. The Morgan fingerprint density at radius 3 is 2.34 bits per heavy atom. The number of sulfonamides is 1. The van der Waals surface area contributed by atoms with Gasteiger partial charge in [0.05, 0.1) is 11.4 Å². The summed E-state index contributed by atoms with van der Waals surface area (Å²) in [4.78, 5) is 7.18. The zero-order valence-electron chi connectivity index (χ0n) is 17.4. The van der Waals surface area contributed by atoms with Gasteiger partial charge in [-0.05, 0) is 68.1 Å². The quantitative estimate of drug-likeness (QED) is 0.654. The van der Waals surface area contributed by atoms with Gasteiger partial charge in [-0.2, -0.15) is 4.31 Å². The fraction of sp³-hybridized carbons (Fsp3) is 0.409. The first-order valence-corrected chi connectivity index (χ1v) is 11.3. The van der Waals surface area contributed by atoms with Crippen molar-refractivity contribution >= 4 is 21.1 Å². The van der Waals surface area contributed by atoms with Crippen LogP contribution in [-0.2, 0) is 16.6 Å². The molecule has 0 atom stereocenters. The van der Waals surface area contributed by atoms with Crippen molar-refractivity contribution in [1.82, 2.24) is 14.2 Å². The van der Waals surface area contributed by atoms with Crippen molar-refractivity contribution in [2.45, 2.75) is 39.1 Å². The molecule has 3 aromatic rings. The molecular weight excluding hydrogens is 386 g/mol. The van der Waals surface area contributed by atoms with E-state index in [9.17, 15) is 8.42 Å². The molecule has 6 nitrogen and oxygen atoms in total. The summed E-state index contributed by atoms with van der Waals surface area (Å²) in [6.45, 7) is 10.7. The average Bonchev–Trinajstić information content (AvgIpc) is 3.06. The van der Waals surface area contributed by atoms with E-state index in [-0.39, 0.29) is 0 Å². The minimum Gasteiger partial charge on any atom is -0.439 e. The molecule has 1 fully saturated rings. The molecule has 2 heterocycles. The normalized spacial score (nSPS) is 16.6. The number of fused-ring (bicyclic) bond motifs is 1. The topological polar surface area (TPSA) is 66.7 Å². The lowest BCUT2D eigenvalue weighted by Gasteiger charge is -2.33. The Balaban J connectivity index is 1.45. The number of nitrogens with zero attached hydrogens (tertiary/aromatic N) is 3. The Labute approximate surface area is 172 Å². The second-order valence-corrected chi connectivity index (χ2v) is 9.87. The Hall–Kier alpha value is -2.22. The first-order valence-electron chi connectivity index (χ1n) is 9.90. The van der Waals surface area contributed by atoms with Gasteiger partial charge < -0.3 is 4.42 Å². The van der Waals surface area contributed by atoms with Gasteiger partial charge in [0, 0.05) is 26.2 Å². The summed E-state index contributed by atoms with van der Waals surface area (Å²) in [5.74, 6) is 0.673. The second kappa shape index (κ2) is 7.55. The molecule has 4 rings (SSSR count). The lowest BCUT2D eigenvalue weighted by Crippen LogP contribution is -2.48. The van der Waals surface area contributed by atoms with Crippen LogP contribution >= 0.6 is 0 Å². The molecule has 0 spiro atoms. The summed E-state index contributed by atoms with van der Waals surface area (Å²) < 4.78 is 33.8. The van der Waals surface area contributed by atoms with Crippen LogP contribution in [0.4, 0.5) is 0 Å². The van der Waals surface area contributed by atoms with Gasteiger partial charge in [0.25, 0.3) is 0 Å². The number of hydrogen-bond acceptors (Lipinski definition) is 5. The van der Waals surface area contributed by atoms with Gasteiger partial charge in [-0.3, -0.25) is 4.90 Å². The van der Waals surface area contributed by atoms with Crippen LogP contribution in [0.1, 0.15) is 28.1 Å². The van der Waals surface area contributed by atoms with Crippen molar-refractivity contribution in [2.75, 3.05) is 26.2 Å². The van der Waals surface area contributed by atoms with E-state index in [2.05, 4.69) is 9.88 Å². The van der Waals surface area contributed by atoms with Crippen LogP contribution in [0, 0.1) is 27.7 Å². The number of piperazine rings is 1. The lowest BCUT2D eigenvalue weighted by atomic mass is 10.1. The van der Waals surface area contributed by atoms with Crippen LogP contribution in [0.25, 0.3) is 11.1 Å². The van der Waals surface area contributed by atoms with Gasteiger partial charge in [-0.25, -0.2) is 13.4 Å². The summed E-state index contributed by atoms with van der Waals surface area (Å²) >= 11 is 0. The fourth-order valence-electron chi connectivity index (χ4n) is 3.82. The molecular formula is C22H27N3O3S. The van der Waals surface area contributed by atoms with Gasteiger partial charge in [-0.15, -0.1) is 0 Å². The number of hydrogen-bond donors (Lipinski definition) is 0. The van der Waals surface area contributed by atoms with Crippen LogP contribution in [0.2, 0.25) is 0 Å². The molecule has 0 bridgehead atoms. The summed E-state index contributed by atoms with van der Waals surface area (Å²) in [6.07, 6.45) is 0. The smallest absolute Gasteiger partial charge is 0.243 e. The molecule has 0 unspecified atom stereocenters. The Morgan fingerprint density at radius 2 is 1.62 bits per heavy atom. The van der Waals surface area contributed by atoms with E-state index < -0.39 is 10.0 Å². The molecule has 1 saturated heterocycles. The van der Waals surface area contributed by atoms with E-state index >= 15 is 0 Å². The molecule has 1 aliphatic heterocycles. The molecule has 29 heavy (non-hydrogen) atoms. The predicted octanol–water partition coefficient (Wildman–Crippen LogP) is 3.57. The SMILES string of the molecule is Cc1ccc2oc(CN3CCN(S(=O)(=O)c4cc(C)c(C)cc4C)CC3)nc2c1. The third kappa shape index (κ3) is 3.95. The largest absolute Gasteiger partial charge is 0.439 e. The number of benzene rings is 2. The zero-order chi connectivity index (χ0) is 20.8. The minimum atomic E-state index is -3.49. The van der Waals surface area contributed by atoms with Crippen LogP contribution in [0.3, 0.4) is 0 Å². The maximum atomic E-state index is 13.2. The van der Waals surface area contributed by atoms with Gasteiger partial charge in [-0.1, -0.05) is 12.1 Å². The molecule has 0 saturated carbocycles. The molecule has 0 amide bonds. The second-order valence-electron chi connectivity index (χ2n) is 7.96. The number of oxazole rings is 1. The molecule has 7 heteroatoms. The highest BCUT2D eigenvalue weighted by molar-refractivity contribution is 7.89. The summed E-state index contributed by atoms with van der Waals surface area (Å²) in [5, 5.41) is 0.